The molecule has 2 aromatic rings. The first-order valence-corrected chi connectivity index (χ1v) is 9.91. The summed E-state index contributed by atoms with van der Waals surface area (Å²) in [6, 6.07) is 5.12. The van der Waals surface area contributed by atoms with Crippen LogP contribution in [0, 0.1) is 6.92 Å². The zero-order valence-corrected chi connectivity index (χ0v) is 17.0. The zero-order chi connectivity index (χ0) is 20.4. The second-order valence-corrected chi connectivity index (χ2v) is 7.73. The molecule has 1 aliphatic heterocycles. The van der Waals surface area contributed by atoms with Crippen LogP contribution in [0.4, 0.5) is 0 Å². The molecule has 150 valence electrons. The van der Waals surface area contributed by atoms with E-state index in [1.807, 2.05) is 39.8 Å². The molecule has 0 radical (unpaired) electrons. The molecule has 1 fully saturated rings. The molecule has 1 unspecified atom stereocenters. The van der Waals surface area contributed by atoms with E-state index in [9.17, 15) is 14.4 Å². The van der Waals surface area contributed by atoms with Crippen LogP contribution in [0.1, 0.15) is 50.8 Å². The van der Waals surface area contributed by atoms with Gasteiger partial charge in [0.05, 0.1) is 11.1 Å². The minimum atomic E-state index is -0.524. The number of aryl methyl sites for hydroxylation is 1. The lowest BCUT2D eigenvalue weighted by atomic mass is 10.0. The third kappa shape index (κ3) is 3.93. The quantitative estimate of drug-likeness (QED) is 0.854. The highest BCUT2D eigenvalue weighted by atomic mass is 16.2. The van der Waals surface area contributed by atoms with Gasteiger partial charge in [0.15, 0.2) is 0 Å². The van der Waals surface area contributed by atoms with Crippen molar-refractivity contribution < 1.29 is 9.59 Å². The first-order chi connectivity index (χ1) is 13.3. The van der Waals surface area contributed by atoms with E-state index in [1.54, 1.807) is 11.0 Å². The average molecular weight is 384 g/mol. The summed E-state index contributed by atoms with van der Waals surface area (Å²) < 4.78 is 1.22. The van der Waals surface area contributed by atoms with Crippen LogP contribution in [-0.4, -0.2) is 45.6 Å². The molecule has 1 saturated heterocycles. The number of rotatable bonds is 5. The normalized spacial score (nSPS) is 17.4. The number of hydrogen-bond donors (Lipinski definition) is 1. The number of amides is 2. The second kappa shape index (κ2) is 8.12. The predicted molar refractivity (Wildman–Crippen MR) is 108 cm³/mol. The molecule has 1 aromatic heterocycles. The van der Waals surface area contributed by atoms with Crippen LogP contribution in [0.2, 0.25) is 0 Å². The van der Waals surface area contributed by atoms with Crippen molar-refractivity contribution >= 4 is 22.6 Å². The molecular formula is C21H28N4O3. The monoisotopic (exact) mass is 384 g/mol. The predicted octanol–water partition coefficient (Wildman–Crippen LogP) is 1.96. The Labute approximate surface area is 164 Å². The van der Waals surface area contributed by atoms with E-state index in [0.29, 0.717) is 18.4 Å². The number of likely N-dealkylation sites (tertiary alicyclic amines) is 1. The smallest absolute Gasteiger partial charge is 0.275 e. The topological polar surface area (TPSA) is 84.3 Å². The van der Waals surface area contributed by atoms with E-state index in [4.69, 9.17) is 0 Å². The highest BCUT2D eigenvalue weighted by Gasteiger charge is 2.29. The third-order valence-corrected chi connectivity index (χ3v) is 5.23. The summed E-state index contributed by atoms with van der Waals surface area (Å²) in [6.07, 6.45) is 1.48. The van der Waals surface area contributed by atoms with Crippen LogP contribution in [0.5, 0.6) is 0 Å². The summed E-state index contributed by atoms with van der Waals surface area (Å²) in [4.78, 5) is 39.5. The SMILES string of the molecule is CCN1CCCC(NC(=O)Cn2nc(C(C)C)c3cc(C)ccc3c2=O)C1=O. The lowest BCUT2D eigenvalue weighted by Crippen LogP contribution is -2.53. The molecule has 0 spiro atoms. The number of nitrogens with zero attached hydrogens (tertiary/aromatic N) is 3. The number of aromatic nitrogens is 2. The van der Waals surface area contributed by atoms with Gasteiger partial charge in [0.2, 0.25) is 11.8 Å². The first kappa shape index (κ1) is 20.0. The fraction of sp³-hybridized carbons (Fsp3) is 0.524. The molecule has 2 heterocycles. The summed E-state index contributed by atoms with van der Waals surface area (Å²) in [5.41, 5.74) is 1.55. The van der Waals surface area contributed by atoms with E-state index in [1.165, 1.54) is 4.68 Å². The fourth-order valence-electron chi connectivity index (χ4n) is 3.72. The average Bonchev–Trinajstić information content (AvgIpc) is 2.65. The van der Waals surface area contributed by atoms with Gasteiger partial charge in [-0.05, 0) is 44.7 Å². The molecule has 1 N–H and O–H groups in total. The number of fused-ring (bicyclic) bond motifs is 1. The molecule has 7 heteroatoms. The number of benzene rings is 1. The van der Waals surface area contributed by atoms with Crippen molar-refractivity contribution in [2.24, 2.45) is 0 Å². The van der Waals surface area contributed by atoms with Crippen molar-refractivity contribution in [3.8, 4) is 0 Å². The number of nitrogens with one attached hydrogen (secondary N) is 1. The van der Waals surface area contributed by atoms with Crippen molar-refractivity contribution in [3.63, 3.8) is 0 Å². The highest BCUT2D eigenvalue weighted by molar-refractivity contribution is 5.88. The van der Waals surface area contributed by atoms with Gasteiger partial charge in [0, 0.05) is 18.5 Å². The first-order valence-electron chi connectivity index (χ1n) is 9.91. The summed E-state index contributed by atoms with van der Waals surface area (Å²) in [6.45, 7) is 9.09. The van der Waals surface area contributed by atoms with E-state index in [2.05, 4.69) is 10.4 Å². The van der Waals surface area contributed by atoms with E-state index >= 15 is 0 Å². The minimum absolute atomic E-state index is 0.0562. The maximum absolute atomic E-state index is 12.9. The zero-order valence-electron chi connectivity index (χ0n) is 17.0. The van der Waals surface area contributed by atoms with Gasteiger partial charge in [-0.3, -0.25) is 14.4 Å². The highest BCUT2D eigenvalue weighted by Crippen LogP contribution is 2.22. The molecule has 1 aliphatic rings. The Bertz CT molecular complexity index is 964. The maximum atomic E-state index is 12.9. The standard InChI is InChI=1S/C21H28N4O3/c1-5-24-10-6-7-17(21(24)28)22-18(26)12-25-20(27)15-9-8-14(4)11-16(15)19(23-25)13(2)3/h8-9,11,13,17H,5-7,10,12H2,1-4H3,(H,22,26). The molecule has 1 aromatic carbocycles. The van der Waals surface area contributed by atoms with Gasteiger partial charge >= 0.3 is 0 Å². The van der Waals surface area contributed by atoms with E-state index in [-0.39, 0.29) is 29.8 Å². The number of piperidine rings is 1. The van der Waals surface area contributed by atoms with Gasteiger partial charge in [0.1, 0.15) is 12.6 Å². The summed E-state index contributed by atoms with van der Waals surface area (Å²) in [5.74, 6) is -0.316. The Kier molecular flexibility index (Phi) is 5.82. The molecule has 7 nitrogen and oxygen atoms in total. The summed E-state index contributed by atoms with van der Waals surface area (Å²) >= 11 is 0. The molecule has 2 amide bonds. The Balaban J connectivity index is 1.87. The van der Waals surface area contributed by atoms with Crippen LogP contribution >= 0.6 is 0 Å². The molecule has 3 rings (SSSR count). The largest absolute Gasteiger partial charge is 0.343 e. The summed E-state index contributed by atoms with van der Waals surface area (Å²) in [7, 11) is 0. The number of likely N-dealkylation sites (N-methyl/N-ethyl adjacent to an activating group) is 1. The van der Waals surface area contributed by atoms with Crippen LogP contribution < -0.4 is 10.9 Å². The number of carbonyl (C=O) groups excluding carboxylic acids is 2. The molecule has 0 aliphatic carbocycles. The van der Waals surface area contributed by atoms with Crippen molar-refractivity contribution in [1.29, 1.82) is 0 Å². The summed E-state index contributed by atoms with van der Waals surface area (Å²) in [5, 5.41) is 8.65. The van der Waals surface area contributed by atoms with Crippen molar-refractivity contribution in [1.82, 2.24) is 20.0 Å². The second-order valence-electron chi connectivity index (χ2n) is 7.73. The molecular weight excluding hydrogens is 356 g/mol. The van der Waals surface area contributed by atoms with Gasteiger partial charge in [-0.25, -0.2) is 4.68 Å². The Morgan fingerprint density at radius 1 is 1.29 bits per heavy atom. The van der Waals surface area contributed by atoms with Gasteiger partial charge in [-0.15, -0.1) is 0 Å². The molecule has 0 bridgehead atoms. The van der Waals surface area contributed by atoms with Crippen molar-refractivity contribution in [2.45, 2.75) is 59.0 Å². The van der Waals surface area contributed by atoms with Crippen molar-refractivity contribution in [3.05, 3.63) is 39.8 Å². The lowest BCUT2D eigenvalue weighted by molar-refractivity contribution is -0.138. The van der Waals surface area contributed by atoms with Crippen molar-refractivity contribution in [2.75, 3.05) is 13.1 Å². The Morgan fingerprint density at radius 3 is 2.71 bits per heavy atom. The minimum Gasteiger partial charge on any atom is -0.343 e. The Morgan fingerprint density at radius 2 is 2.04 bits per heavy atom. The van der Waals surface area contributed by atoms with Gasteiger partial charge in [0.25, 0.3) is 5.56 Å². The van der Waals surface area contributed by atoms with Crippen LogP contribution in [0.15, 0.2) is 23.0 Å². The van der Waals surface area contributed by atoms with E-state index in [0.717, 1.165) is 29.6 Å². The fourth-order valence-corrected chi connectivity index (χ4v) is 3.72. The van der Waals surface area contributed by atoms with E-state index < -0.39 is 6.04 Å². The van der Waals surface area contributed by atoms with Crippen LogP contribution in [0.25, 0.3) is 10.8 Å². The maximum Gasteiger partial charge on any atom is 0.275 e. The lowest BCUT2D eigenvalue weighted by Gasteiger charge is -2.31. The number of hydrogen-bond acceptors (Lipinski definition) is 4. The number of carbonyl (C=O) groups is 2. The molecule has 0 saturated carbocycles. The van der Waals surface area contributed by atoms with Gasteiger partial charge in [-0.2, -0.15) is 5.10 Å². The Hall–Kier alpha value is -2.70. The van der Waals surface area contributed by atoms with Gasteiger partial charge in [-0.1, -0.05) is 25.5 Å². The van der Waals surface area contributed by atoms with Gasteiger partial charge < -0.3 is 10.2 Å². The molecule has 28 heavy (non-hydrogen) atoms. The third-order valence-electron chi connectivity index (χ3n) is 5.23. The molecule has 1 atom stereocenters. The van der Waals surface area contributed by atoms with Crippen LogP contribution in [0.3, 0.4) is 0 Å². The van der Waals surface area contributed by atoms with Crippen LogP contribution in [-0.2, 0) is 16.1 Å².